The summed E-state index contributed by atoms with van der Waals surface area (Å²) in [7, 11) is 1.66. The van der Waals surface area contributed by atoms with Gasteiger partial charge in [-0.2, -0.15) is 10.4 Å². The highest BCUT2D eigenvalue weighted by molar-refractivity contribution is 5.91. The number of aromatic nitrogens is 4. The van der Waals surface area contributed by atoms with Crippen LogP contribution in [0.4, 0.5) is 17.5 Å². The molecule has 0 aromatic carbocycles. The van der Waals surface area contributed by atoms with E-state index in [2.05, 4.69) is 42.9 Å². The summed E-state index contributed by atoms with van der Waals surface area (Å²) in [6.45, 7) is 0.479. The molecule has 0 radical (unpaired) electrons. The van der Waals surface area contributed by atoms with Gasteiger partial charge in [-0.15, -0.1) is 0 Å². The average Bonchev–Trinajstić information content (AvgIpc) is 3.22. The molecule has 3 aliphatic heterocycles. The minimum Gasteiger partial charge on any atom is -0.378 e. The van der Waals surface area contributed by atoms with Crippen LogP contribution in [0.5, 0.6) is 0 Å². The number of aromatic amines is 1. The molecule has 3 N–H and O–H groups in total. The Kier molecular flexibility index (Phi) is 4.93. The fourth-order valence-corrected chi connectivity index (χ4v) is 6.33. The van der Waals surface area contributed by atoms with Gasteiger partial charge in [0.2, 0.25) is 0 Å². The zero-order valence-corrected chi connectivity index (χ0v) is 18.7. The molecule has 3 saturated heterocycles. The lowest BCUT2D eigenvalue weighted by Gasteiger charge is -2.74. The zero-order valence-electron chi connectivity index (χ0n) is 18.7. The van der Waals surface area contributed by atoms with Gasteiger partial charge < -0.3 is 15.4 Å². The number of nitriles is 1. The summed E-state index contributed by atoms with van der Waals surface area (Å²) in [5.41, 5.74) is 2.13. The van der Waals surface area contributed by atoms with Gasteiger partial charge >= 0.3 is 0 Å². The van der Waals surface area contributed by atoms with Gasteiger partial charge in [-0.05, 0) is 44.2 Å². The van der Waals surface area contributed by atoms with Crippen LogP contribution in [0, 0.1) is 11.3 Å². The van der Waals surface area contributed by atoms with Crippen LogP contribution in [-0.4, -0.2) is 55.8 Å². The van der Waals surface area contributed by atoms with E-state index in [1.54, 1.807) is 7.11 Å². The third kappa shape index (κ3) is 3.50. The average molecular weight is 445 g/mol. The minimum absolute atomic E-state index is 0.333. The van der Waals surface area contributed by atoms with Crippen molar-refractivity contribution in [3.63, 3.8) is 0 Å². The number of piperidine rings is 2. The van der Waals surface area contributed by atoms with Crippen LogP contribution in [0.15, 0.2) is 30.5 Å². The smallest absolute Gasteiger partial charge is 0.153 e. The maximum Gasteiger partial charge on any atom is 0.153 e. The number of hydrogen-bond donors (Lipinski definition) is 3. The summed E-state index contributed by atoms with van der Waals surface area (Å²) in [6.07, 6.45) is 8.19. The van der Waals surface area contributed by atoms with Gasteiger partial charge in [0.1, 0.15) is 11.6 Å². The number of rotatable bonds is 8. The van der Waals surface area contributed by atoms with Crippen molar-refractivity contribution >= 4 is 28.4 Å². The minimum atomic E-state index is 0.333. The topological polar surface area (TPSA) is 115 Å². The molecule has 170 valence electrons. The molecule has 3 unspecified atom stereocenters. The second-order valence-electron chi connectivity index (χ2n) is 9.58. The molecule has 4 atom stereocenters. The lowest BCUT2D eigenvalue weighted by molar-refractivity contribution is -0.222. The summed E-state index contributed by atoms with van der Waals surface area (Å²) in [4.78, 5) is 12.2. The number of anilines is 3. The molecule has 33 heavy (non-hydrogen) atoms. The van der Waals surface area contributed by atoms with Crippen molar-refractivity contribution < 1.29 is 4.74 Å². The number of H-pyrrole nitrogens is 1. The van der Waals surface area contributed by atoms with Crippen LogP contribution in [0.25, 0.3) is 10.9 Å². The highest BCUT2D eigenvalue weighted by Crippen LogP contribution is 2.58. The molecular weight excluding hydrogens is 416 g/mol. The Hall–Kier alpha value is -3.22. The molecule has 3 aromatic rings. The molecule has 0 bridgehead atoms. The second kappa shape index (κ2) is 7.97. The monoisotopic (exact) mass is 444 g/mol. The Morgan fingerprint density at radius 3 is 2.91 bits per heavy atom. The van der Waals surface area contributed by atoms with Crippen molar-refractivity contribution in [3.8, 4) is 6.07 Å². The van der Waals surface area contributed by atoms with E-state index >= 15 is 0 Å². The first-order chi connectivity index (χ1) is 16.2. The Morgan fingerprint density at radius 2 is 2.12 bits per heavy atom. The Labute approximate surface area is 192 Å². The SMILES string of the molecule is COCc1cc(Nc2cc3ncccc3c(NC3CC4CC5(CCC#N)C[C@@H](C3)N45)n2)n[nH]1. The largest absolute Gasteiger partial charge is 0.378 e. The van der Waals surface area contributed by atoms with Gasteiger partial charge in [0, 0.05) is 60.9 Å². The molecule has 0 aliphatic carbocycles. The summed E-state index contributed by atoms with van der Waals surface area (Å²) in [5.74, 6) is 2.27. The van der Waals surface area contributed by atoms with E-state index in [0.29, 0.717) is 48.3 Å². The maximum atomic E-state index is 8.99. The summed E-state index contributed by atoms with van der Waals surface area (Å²) in [5, 5.41) is 24.3. The number of fused-ring (bicyclic) bond motifs is 1. The van der Waals surface area contributed by atoms with Gasteiger partial charge in [0.15, 0.2) is 5.82 Å². The fourth-order valence-electron chi connectivity index (χ4n) is 6.33. The highest BCUT2D eigenvalue weighted by Gasteiger charge is 2.64. The van der Waals surface area contributed by atoms with E-state index < -0.39 is 0 Å². The van der Waals surface area contributed by atoms with E-state index in [1.165, 1.54) is 12.8 Å². The van der Waals surface area contributed by atoms with E-state index in [9.17, 15) is 0 Å². The number of ether oxygens (including phenoxy) is 1. The normalized spacial score (nSPS) is 27.8. The first kappa shape index (κ1) is 20.4. The first-order valence-corrected chi connectivity index (χ1v) is 11.7. The zero-order chi connectivity index (χ0) is 22.4. The van der Waals surface area contributed by atoms with Crippen molar-refractivity contribution in [2.24, 2.45) is 0 Å². The van der Waals surface area contributed by atoms with Crippen molar-refractivity contribution in [3.05, 3.63) is 36.2 Å². The number of pyridine rings is 2. The van der Waals surface area contributed by atoms with Crippen LogP contribution in [0.1, 0.15) is 44.2 Å². The Bertz CT molecular complexity index is 1200. The molecule has 6 rings (SSSR count). The van der Waals surface area contributed by atoms with Crippen LogP contribution in [-0.2, 0) is 11.3 Å². The van der Waals surface area contributed by atoms with Gasteiger partial charge in [0.25, 0.3) is 0 Å². The third-order valence-electron chi connectivity index (χ3n) is 7.51. The van der Waals surface area contributed by atoms with Crippen LogP contribution >= 0.6 is 0 Å². The van der Waals surface area contributed by atoms with Gasteiger partial charge in [0.05, 0.1) is 23.9 Å². The van der Waals surface area contributed by atoms with E-state index in [0.717, 1.165) is 41.7 Å². The quantitative estimate of drug-likeness (QED) is 0.482. The summed E-state index contributed by atoms with van der Waals surface area (Å²) >= 11 is 0. The molecule has 0 spiro atoms. The predicted molar refractivity (Wildman–Crippen MR) is 125 cm³/mol. The lowest BCUT2D eigenvalue weighted by atomic mass is 9.57. The van der Waals surface area contributed by atoms with Crippen molar-refractivity contribution in [1.82, 2.24) is 25.1 Å². The fraction of sp³-hybridized carbons (Fsp3) is 0.500. The Morgan fingerprint density at radius 1 is 1.27 bits per heavy atom. The molecule has 3 fully saturated rings. The second-order valence-corrected chi connectivity index (χ2v) is 9.58. The molecule has 3 aliphatic rings. The van der Waals surface area contributed by atoms with Crippen molar-refractivity contribution in [2.75, 3.05) is 17.7 Å². The number of nitrogens with zero attached hydrogens (tertiary/aromatic N) is 5. The first-order valence-electron chi connectivity index (χ1n) is 11.7. The Balaban J connectivity index is 1.20. The third-order valence-corrected chi connectivity index (χ3v) is 7.51. The van der Waals surface area contributed by atoms with Crippen LogP contribution in [0.3, 0.4) is 0 Å². The molecule has 0 amide bonds. The van der Waals surface area contributed by atoms with E-state index in [1.807, 2.05) is 24.4 Å². The molecule has 3 aromatic heterocycles. The highest BCUT2D eigenvalue weighted by atomic mass is 16.5. The standard InChI is InChI=1S/C24H28N8O/c1-33-14-16-10-22(31-30-16)28-21-11-20-19(4-2-7-26-20)23(29-21)27-15-8-17-12-24(5-3-6-25)13-18(9-15)32(17)24/h2,4,7,10-11,15,17-18H,3,5,8-9,12-14H2,1H3,(H3,27,28,29,30,31)/t15?,17-,18?,24?/m1/s1. The van der Waals surface area contributed by atoms with Gasteiger partial charge in [-0.25, -0.2) is 4.98 Å². The van der Waals surface area contributed by atoms with Crippen LogP contribution < -0.4 is 10.6 Å². The molecular formula is C24H28N8O. The number of hydrogen-bond acceptors (Lipinski definition) is 8. The van der Waals surface area contributed by atoms with Crippen molar-refractivity contribution in [2.45, 2.75) is 68.8 Å². The number of nitrogens with one attached hydrogen (secondary N) is 3. The molecule has 6 heterocycles. The van der Waals surface area contributed by atoms with Crippen LogP contribution in [0.2, 0.25) is 0 Å². The van der Waals surface area contributed by atoms with Gasteiger partial charge in [-0.1, -0.05) is 0 Å². The van der Waals surface area contributed by atoms with E-state index in [-0.39, 0.29) is 0 Å². The summed E-state index contributed by atoms with van der Waals surface area (Å²) < 4.78 is 5.16. The van der Waals surface area contributed by atoms with Gasteiger partial charge in [-0.3, -0.25) is 15.0 Å². The molecule has 9 nitrogen and oxygen atoms in total. The van der Waals surface area contributed by atoms with Crippen molar-refractivity contribution in [1.29, 1.82) is 5.26 Å². The summed E-state index contributed by atoms with van der Waals surface area (Å²) in [6, 6.07) is 11.9. The molecule has 0 saturated carbocycles. The van der Waals surface area contributed by atoms with E-state index in [4.69, 9.17) is 15.0 Å². The number of methoxy groups -OCH3 is 1. The maximum absolute atomic E-state index is 8.99. The molecule has 9 heteroatoms. The lowest BCUT2D eigenvalue weighted by Crippen LogP contribution is -2.81. The predicted octanol–water partition coefficient (Wildman–Crippen LogP) is 3.71.